The normalized spacial score (nSPS) is 14.9. The van der Waals surface area contributed by atoms with Crippen LogP contribution in [0.3, 0.4) is 0 Å². The van der Waals surface area contributed by atoms with E-state index in [9.17, 15) is 13.2 Å². The minimum Gasteiger partial charge on any atom is -0.370 e. The number of nitrogens with two attached hydrogens (primary N) is 1. The van der Waals surface area contributed by atoms with E-state index in [4.69, 9.17) is 5.73 Å². The molecule has 0 saturated carbocycles. The molecule has 9 heteroatoms. The lowest BCUT2D eigenvalue weighted by molar-refractivity contribution is -0.137. The summed E-state index contributed by atoms with van der Waals surface area (Å²) in [6.07, 6.45) is 0.884. The number of alkyl halides is 3. The van der Waals surface area contributed by atoms with Crippen molar-refractivity contribution in [2.45, 2.75) is 38.4 Å². The molecule has 0 bridgehead atoms. The second-order valence-corrected chi connectivity index (χ2v) is 6.74. The van der Waals surface area contributed by atoms with Gasteiger partial charge in [-0.3, -0.25) is 4.40 Å². The molecular formula is C19H19F3N6. The molecule has 146 valence electrons. The molecule has 1 aliphatic rings. The fourth-order valence-electron chi connectivity index (χ4n) is 3.45. The predicted molar refractivity (Wildman–Crippen MR) is 100 cm³/mol. The molecule has 0 aliphatic heterocycles. The quantitative estimate of drug-likeness (QED) is 0.531. The maximum atomic E-state index is 12.9. The lowest BCUT2D eigenvalue weighted by Gasteiger charge is -2.19. The Hall–Kier alpha value is -3.10. The van der Waals surface area contributed by atoms with E-state index in [0.717, 1.165) is 37.2 Å². The minimum absolute atomic E-state index is 0.0103. The highest BCUT2D eigenvalue weighted by molar-refractivity contribution is 5.93. The number of fused-ring (bicyclic) bond motifs is 2. The molecular weight excluding hydrogens is 369 g/mol. The first kappa shape index (κ1) is 18.3. The number of halogens is 3. The average Bonchev–Trinajstić information content (AvgIpc) is 3.08. The number of nitrogens with one attached hydrogen (secondary N) is 1. The van der Waals surface area contributed by atoms with Gasteiger partial charge in [-0.15, -0.1) is 10.2 Å². The molecule has 0 atom stereocenters. The number of aliphatic imine (C=N–C) groups is 1. The zero-order valence-corrected chi connectivity index (χ0v) is 15.0. The van der Waals surface area contributed by atoms with Gasteiger partial charge in [0.05, 0.1) is 5.56 Å². The Balaban J connectivity index is 1.54. The molecule has 0 radical (unpaired) electrons. The number of aromatic nitrogens is 3. The fourth-order valence-corrected chi connectivity index (χ4v) is 3.45. The van der Waals surface area contributed by atoms with E-state index in [1.54, 1.807) is 0 Å². The Kier molecular flexibility index (Phi) is 4.66. The van der Waals surface area contributed by atoms with Crippen molar-refractivity contribution in [1.29, 1.82) is 0 Å². The molecule has 28 heavy (non-hydrogen) atoms. The zero-order valence-electron chi connectivity index (χ0n) is 15.0. The van der Waals surface area contributed by atoms with Crippen molar-refractivity contribution >= 4 is 17.3 Å². The van der Waals surface area contributed by atoms with Crippen LogP contribution in [-0.2, 0) is 25.6 Å². The maximum Gasteiger partial charge on any atom is 0.417 e. The highest BCUT2D eigenvalue weighted by atomic mass is 19.4. The van der Waals surface area contributed by atoms with Gasteiger partial charge in [0.2, 0.25) is 0 Å². The van der Waals surface area contributed by atoms with Gasteiger partial charge >= 0.3 is 6.18 Å². The van der Waals surface area contributed by atoms with E-state index in [-0.39, 0.29) is 18.3 Å². The summed E-state index contributed by atoms with van der Waals surface area (Å²) in [7, 11) is 0. The summed E-state index contributed by atoms with van der Waals surface area (Å²) in [6, 6.07) is 8.30. The van der Waals surface area contributed by atoms with Crippen LogP contribution in [0.15, 0.2) is 41.5 Å². The van der Waals surface area contributed by atoms with Crippen LogP contribution in [0, 0.1) is 0 Å². The van der Waals surface area contributed by atoms with Crippen LogP contribution in [0.25, 0.3) is 5.65 Å². The average molecular weight is 388 g/mol. The predicted octanol–water partition coefficient (Wildman–Crippen LogP) is 3.55. The first-order valence-corrected chi connectivity index (χ1v) is 9.00. The number of benzene rings is 1. The van der Waals surface area contributed by atoms with Crippen molar-refractivity contribution < 1.29 is 13.2 Å². The molecule has 1 aliphatic carbocycles. The number of anilines is 1. The van der Waals surface area contributed by atoms with Crippen molar-refractivity contribution in [2.75, 3.05) is 5.32 Å². The Morgan fingerprint density at radius 2 is 1.96 bits per heavy atom. The van der Waals surface area contributed by atoms with Gasteiger partial charge in [0, 0.05) is 11.9 Å². The maximum absolute atomic E-state index is 12.9. The molecule has 1 aromatic carbocycles. The molecule has 2 heterocycles. The second kappa shape index (κ2) is 7.14. The van der Waals surface area contributed by atoms with Crippen LogP contribution >= 0.6 is 0 Å². The van der Waals surface area contributed by atoms with Crippen LogP contribution in [0.5, 0.6) is 0 Å². The summed E-state index contributed by atoms with van der Waals surface area (Å²) in [6.45, 7) is 0.0103. The van der Waals surface area contributed by atoms with E-state index >= 15 is 0 Å². The van der Waals surface area contributed by atoms with Gasteiger partial charge in [0.1, 0.15) is 6.54 Å². The first-order valence-electron chi connectivity index (χ1n) is 9.00. The number of nitrogens with zero attached hydrogens (tertiary/aromatic N) is 4. The van der Waals surface area contributed by atoms with Crippen molar-refractivity contribution in [3.8, 4) is 0 Å². The number of guanidine groups is 1. The third-order valence-corrected chi connectivity index (χ3v) is 4.85. The molecule has 0 amide bonds. The smallest absolute Gasteiger partial charge is 0.370 e. The molecule has 3 N–H and O–H groups in total. The third-order valence-electron chi connectivity index (χ3n) is 4.85. The van der Waals surface area contributed by atoms with Gasteiger partial charge in [-0.1, -0.05) is 12.1 Å². The van der Waals surface area contributed by atoms with Crippen LogP contribution < -0.4 is 11.1 Å². The van der Waals surface area contributed by atoms with E-state index in [0.29, 0.717) is 5.65 Å². The molecule has 0 spiro atoms. The lowest BCUT2D eigenvalue weighted by atomic mass is 9.90. The van der Waals surface area contributed by atoms with Crippen molar-refractivity contribution in [2.24, 2.45) is 10.7 Å². The van der Waals surface area contributed by atoms with E-state index in [2.05, 4.69) is 26.6 Å². The van der Waals surface area contributed by atoms with E-state index < -0.39 is 11.7 Å². The topological polar surface area (TPSA) is 80.6 Å². The summed E-state index contributed by atoms with van der Waals surface area (Å²) in [5.41, 5.74) is 9.03. The molecule has 0 fully saturated rings. The van der Waals surface area contributed by atoms with E-state index in [1.165, 1.54) is 28.0 Å². The standard InChI is InChI=1S/C19H19F3N6/c20-19(21,22)13-8-9-16-26-27-17(28(16)11-13)10-24-18(23)25-15-7-3-5-12-4-1-2-6-14(12)15/h3,5,7-9,11H,1-2,4,6,10H2,(H3,23,24,25). The van der Waals surface area contributed by atoms with Crippen LogP contribution in [-0.4, -0.2) is 20.6 Å². The highest BCUT2D eigenvalue weighted by Gasteiger charge is 2.31. The third kappa shape index (κ3) is 3.64. The van der Waals surface area contributed by atoms with Crippen LogP contribution in [0.1, 0.15) is 35.4 Å². The Morgan fingerprint density at radius 3 is 2.79 bits per heavy atom. The van der Waals surface area contributed by atoms with Gasteiger partial charge in [-0.2, -0.15) is 13.2 Å². The Bertz CT molecular complexity index is 1040. The highest BCUT2D eigenvalue weighted by Crippen LogP contribution is 2.29. The number of aryl methyl sites for hydroxylation is 1. The molecule has 4 rings (SSSR count). The summed E-state index contributed by atoms with van der Waals surface area (Å²) in [4.78, 5) is 4.23. The van der Waals surface area contributed by atoms with Crippen LogP contribution in [0.2, 0.25) is 0 Å². The molecule has 3 aromatic rings. The fraction of sp³-hybridized carbons (Fsp3) is 0.316. The zero-order chi connectivity index (χ0) is 19.7. The van der Waals surface area contributed by atoms with E-state index in [1.807, 2.05) is 12.1 Å². The lowest BCUT2D eigenvalue weighted by Crippen LogP contribution is -2.24. The van der Waals surface area contributed by atoms with Gasteiger partial charge in [-0.05, 0) is 55.0 Å². The van der Waals surface area contributed by atoms with Gasteiger partial charge in [0.15, 0.2) is 17.4 Å². The van der Waals surface area contributed by atoms with Crippen molar-refractivity contribution in [3.63, 3.8) is 0 Å². The largest absolute Gasteiger partial charge is 0.417 e. The summed E-state index contributed by atoms with van der Waals surface area (Å²) < 4.78 is 40.1. The molecule has 0 saturated heterocycles. The van der Waals surface area contributed by atoms with Crippen LogP contribution in [0.4, 0.5) is 18.9 Å². The minimum atomic E-state index is -4.44. The monoisotopic (exact) mass is 388 g/mol. The number of rotatable bonds is 3. The second-order valence-electron chi connectivity index (χ2n) is 6.74. The number of hydrogen-bond acceptors (Lipinski definition) is 3. The molecule has 6 nitrogen and oxygen atoms in total. The molecule has 2 aromatic heterocycles. The van der Waals surface area contributed by atoms with Gasteiger partial charge in [0.25, 0.3) is 0 Å². The van der Waals surface area contributed by atoms with Gasteiger partial charge < -0.3 is 11.1 Å². The Labute approximate surface area is 159 Å². The van der Waals surface area contributed by atoms with Crippen molar-refractivity contribution in [1.82, 2.24) is 14.6 Å². The number of hydrogen-bond donors (Lipinski definition) is 2. The number of pyridine rings is 1. The Morgan fingerprint density at radius 1 is 1.14 bits per heavy atom. The summed E-state index contributed by atoms with van der Waals surface area (Å²) in [5.74, 6) is 0.462. The SMILES string of the molecule is NC(=NCc1nnc2ccc(C(F)(F)F)cn12)Nc1cccc2c1CCCC2. The summed E-state index contributed by atoms with van der Waals surface area (Å²) >= 11 is 0. The first-order chi connectivity index (χ1) is 13.4. The molecule has 0 unspecified atom stereocenters. The van der Waals surface area contributed by atoms with Crippen molar-refractivity contribution in [3.05, 3.63) is 59.0 Å². The summed E-state index contributed by atoms with van der Waals surface area (Å²) in [5, 5.41) is 10.9. The van der Waals surface area contributed by atoms with Gasteiger partial charge in [-0.25, -0.2) is 4.99 Å².